The summed E-state index contributed by atoms with van der Waals surface area (Å²) in [5, 5.41) is 3.53. The highest BCUT2D eigenvalue weighted by Crippen LogP contribution is 2.52. The minimum Gasteiger partial charge on any atom is -0.465 e. The van der Waals surface area contributed by atoms with E-state index in [0.29, 0.717) is 11.1 Å². The van der Waals surface area contributed by atoms with Crippen LogP contribution in [0.1, 0.15) is 45.4 Å². The van der Waals surface area contributed by atoms with Crippen LogP contribution in [-0.4, -0.2) is 13.1 Å². The standard InChI is InChI=1S/C21H20FNO2/c1-12-10-11-16(21(24)25-2)18-13-7-5-8-14(13)20(23-19(12)18)15-6-3-4-9-17(15)22/h3-7,9-11,13-14,20,23H,8H2,1-2H3/t13-,14-,20-/m1/s1. The lowest BCUT2D eigenvalue weighted by Gasteiger charge is -2.39. The van der Waals surface area contributed by atoms with E-state index in [0.717, 1.165) is 23.2 Å². The molecule has 0 saturated carbocycles. The lowest BCUT2D eigenvalue weighted by Crippen LogP contribution is -2.31. The lowest BCUT2D eigenvalue weighted by atomic mass is 9.74. The third kappa shape index (κ3) is 2.44. The fourth-order valence-electron chi connectivity index (χ4n) is 4.18. The van der Waals surface area contributed by atoms with E-state index in [1.54, 1.807) is 6.07 Å². The summed E-state index contributed by atoms with van der Waals surface area (Å²) in [6, 6.07) is 10.5. The topological polar surface area (TPSA) is 38.3 Å². The first-order valence-electron chi connectivity index (χ1n) is 8.51. The van der Waals surface area contributed by atoms with Gasteiger partial charge >= 0.3 is 5.97 Å². The highest BCUT2D eigenvalue weighted by atomic mass is 19.1. The predicted octanol–water partition coefficient (Wildman–Crippen LogP) is 4.75. The number of anilines is 1. The number of hydrogen-bond donors (Lipinski definition) is 1. The van der Waals surface area contributed by atoms with Gasteiger partial charge in [0.15, 0.2) is 0 Å². The van der Waals surface area contributed by atoms with E-state index in [-0.39, 0.29) is 29.7 Å². The third-order valence-corrected chi connectivity index (χ3v) is 5.37. The molecular formula is C21H20FNO2. The van der Waals surface area contributed by atoms with Crippen molar-refractivity contribution in [2.75, 3.05) is 12.4 Å². The highest BCUT2D eigenvalue weighted by molar-refractivity contribution is 5.94. The van der Waals surface area contributed by atoms with Crippen molar-refractivity contribution in [2.24, 2.45) is 5.92 Å². The average Bonchev–Trinajstić information content (AvgIpc) is 3.11. The van der Waals surface area contributed by atoms with Gasteiger partial charge in [-0.2, -0.15) is 0 Å². The van der Waals surface area contributed by atoms with Gasteiger partial charge < -0.3 is 10.1 Å². The number of ether oxygens (including phenoxy) is 1. The van der Waals surface area contributed by atoms with E-state index in [9.17, 15) is 9.18 Å². The molecule has 1 aliphatic carbocycles. The summed E-state index contributed by atoms with van der Waals surface area (Å²) in [7, 11) is 1.40. The van der Waals surface area contributed by atoms with Gasteiger partial charge in [0.25, 0.3) is 0 Å². The number of nitrogens with one attached hydrogen (secondary N) is 1. The largest absolute Gasteiger partial charge is 0.465 e. The third-order valence-electron chi connectivity index (χ3n) is 5.37. The number of halogens is 1. The second kappa shape index (κ2) is 6.03. The molecule has 1 heterocycles. The molecule has 4 rings (SSSR count). The fourth-order valence-corrected chi connectivity index (χ4v) is 4.18. The maximum atomic E-state index is 14.4. The van der Waals surface area contributed by atoms with Crippen molar-refractivity contribution in [1.29, 1.82) is 0 Å². The summed E-state index contributed by atoms with van der Waals surface area (Å²) in [4.78, 5) is 12.3. The molecule has 2 aliphatic rings. The Bertz CT molecular complexity index is 874. The van der Waals surface area contributed by atoms with E-state index in [2.05, 4.69) is 17.5 Å². The maximum Gasteiger partial charge on any atom is 0.338 e. The second-order valence-electron chi connectivity index (χ2n) is 6.71. The molecule has 1 aliphatic heterocycles. The van der Waals surface area contributed by atoms with E-state index in [1.165, 1.54) is 13.2 Å². The minimum absolute atomic E-state index is 0.0786. The van der Waals surface area contributed by atoms with Gasteiger partial charge in [0.05, 0.1) is 18.7 Å². The van der Waals surface area contributed by atoms with Crippen molar-refractivity contribution in [3.63, 3.8) is 0 Å². The van der Waals surface area contributed by atoms with Gasteiger partial charge in [0, 0.05) is 17.2 Å². The van der Waals surface area contributed by atoms with E-state index in [1.807, 2.05) is 31.2 Å². The Morgan fingerprint density at radius 3 is 2.80 bits per heavy atom. The average molecular weight is 337 g/mol. The molecule has 0 saturated heterocycles. The zero-order valence-corrected chi connectivity index (χ0v) is 14.3. The summed E-state index contributed by atoms with van der Waals surface area (Å²) in [5.74, 6) is -0.276. The normalized spacial score (nSPS) is 23.6. The second-order valence-corrected chi connectivity index (χ2v) is 6.71. The molecule has 2 aromatic rings. The van der Waals surface area contributed by atoms with Crippen LogP contribution >= 0.6 is 0 Å². The predicted molar refractivity (Wildman–Crippen MR) is 95.3 cm³/mol. The SMILES string of the molecule is COC(=O)c1ccc(C)c2c1[C@@H]1C=CC[C@H]1[C@H](c1ccccc1F)N2. The monoisotopic (exact) mass is 337 g/mol. The molecule has 0 aromatic heterocycles. The molecule has 1 N–H and O–H groups in total. The lowest BCUT2D eigenvalue weighted by molar-refractivity contribution is 0.0598. The molecule has 0 fully saturated rings. The van der Waals surface area contributed by atoms with Crippen molar-refractivity contribution in [1.82, 2.24) is 0 Å². The van der Waals surface area contributed by atoms with Crippen LogP contribution in [0.5, 0.6) is 0 Å². The number of rotatable bonds is 2. The van der Waals surface area contributed by atoms with Gasteiger partial charge in [0.1, 0.15) is 5.82 Å². The molecule has 0 radical (unpaired) electrons. The summed E-state index contributed by atoms with van der Waals surface area (Å²) in [5.41, 5.74) is 4.20. The van der Waals surface area contributed by atoms with Crippen LogP contribution in [0.3, 0.4) is 0 Å². The summed E-state index contributed by atoms with van der Waals surface area (Å²) in [6.45, 7) is 2.00. The van der Waals surface area contributed by atoms with E-state index < -0.39 is 0 Å². The van der Waals surface area contributed by atoms with Gasteiger partial charge in [-0.15, -0.1) is 0 Å². The molecule has 3 nitrogen and oxygen atoms in total. The van der Waals surface area contributed by atoms with Crippen LogP contribution in [0.15, 0.2) is 48.6 Å². The molecule has 4 heteroatoms. The first kappa shape index (κ1) is 15.9. The molecule has 0 bridgehead atoms. The number of benzene rings is 2. The van der Waals surface area contributed by atoms with Crippen molar-refractivity contribution in [3.05, 3.63) is 76.6 Å². The van der Waals surface area contributed by atoms with Crippen molar-refractivity contribution in [3.8, 4) is 0 Å². The number of fused-ring (bicyclic) bond motifs is 3. The van der Waals surface area contributed by atoms with Crippen molar-refractivity contribution < 1.29 is 13.9 Å². The number of hydrogen-bond acceptors (Lipinski definition) is 3. The Morgan fingerprint density at radius 1 is 1.24 bits per heavy atom. The van der Waals surface area contributed by atoms with Crippen LogP contribution in [0.25, 0.3) is 0 Å². The van der Waals surface area contributed by atoms with Gasteiger partial charge in [-0.05, 0) is 42.5 Å². The van der Waals surface area contributed by atoms with Gasteiger partial charge in [-0.3, -0.25) is 0 Å². The number of carbonyl (C=O) groups excluding carboxylic acids is 1. The molecular weight excluding hydrogens is 317 g/mol. The Balaban J connectivity index is 1.89. The number of carbonyl (C=O) groups is 1. The number of methoxy groups -OCH3 is 1. The molecule has 3 atom stereocenters. The fraction of sp³-hybridized carbons (Fsp3) is 0.286. The maximum absolute atomic E-state index is 14.4. The van der Waals surface area contributed by atoms with Crippen LogP contribution in [0.2, 0.25) is 0 Å². The summed E-state index contributed by atoms with van der Waals surface area (Å²) >= 11 is 0. The van der Waals surface area contributed by atoms with Crippen molar-refractivity contribution >= 4 is 11.7 Å². The quantitative estimate of drug-likeness (QED) is 0.635. The molecule has 0 amide bonds. The van der Waals surface area contributed by atoms with Crippen molar-refractivity contribution in [2.45, 2.75) is 25.3 Å². The Labute approximate surface area is 146 Å². The van der Waals surface area contributed by atoms with Crippen LogP contribution in [0.4, 0.5) is 10.1 Å². The molecule has 128 valence electrons. The number of allylic oxidation sites excluding steroid dienone is 2. The van der Waals surface area contributed by atoms with Crippen LogP contribution in [0, 0.1) is 18.7 Å². The smallest absolute Gasteiger partial charge is 0.338 e. The molecule has 0 spiro atoms. The van der Waals surface area contributed by atoms with E-state index in [4.69, 9.17) is 4.74 Å². The molecule has 25 heavy (non-hydrogen) atoms. The molecule has 0 unspecified atom stereocenters. The minimum atomic E-state index is -0.332. The first-order chi connectivity index (χ1) is 12.1. The zero-order chi connectivity index (χ0) is 17.6. The van der Waals surface area contributed by atoms with Crippen LogP contribution in [-0.2, 0) is 4.74 Å². The Kier molecular flexibility index (Phi) is 3.83. The van der Waals surface area contributed by atoms with Gasteiger partial charge in [0.2, 0.25) is 0 Å². The summed E-state index contributed by atoms with van der Waals surface area (Å²) < 4.78 is 19.4. The Hall–Kier alpha value is -2.62. The summed E-state index contributed by atoms with van der Waals surface area (Å²) in [6.07, 6.45) is 5.12. The highest BCUT2D eigenvalue weighted by Gasteiger charge is 2.41. The zero-order valence-electron chi connectivity index (χ0n) is 14.3. The molecule has 2 aromatic carbocycles. The van der Waals surface area contributed by atoms with Crippen LogP contribution < -0.4 is 5.32 Å². The first-order valence-corrected chi connectivity index (χ1v) is 8.51. The number of aryl methyl sites for hydroxylation is 1. The van der Waals surface area contributed by atoms with Gasteiger partial charge in [-0.1, -0.05) is 36.4 Å². The number of esters is 1. The Morgan fingerprint density at radius 2 is 2.04 bits per heavy atom. The van der Waals surface area contributed by atoms with Gasteiger partial charge in [-0.25, -0.2) is 9.18 Å². The van der Waals surface area contributed by atoms with E-state index >= 15 is 0 Å².